The highest BCUT2D eigenvalue weighted by Gasteiger charge is 2.16. The summed E-state index contributed by atoms with van der Waals surface area (Å²) in [6.07, 6.45) is -0.201. The lowest BCUT2D eigenvalue weighted by Gasteiger charge is -2.21. The van der Waals surface area contributed by atoms with Gasteiger partial charge in [-0.05, 0) is 6.92 Å². The van der Waals surface area contributed by atoms with Crippen LogP contribution in [0.15, 0.2) is 0 Å². The van der Waals surface area contributed by atoms with Crippen molar-refractivity contribution in [3.05, 3.63) is 0 Å². The highest BCUT2D eigenvalue weighted by Crippen LogP contribution is 2.17. The average Bonchev–Trinajstić information content (AvgIpc) is 1.31. The summed E-state index contributed by atoms with van der Waals surface area (Å²) in [4.78, 5) is 0. The van der Waals surface area contributed by atoms with Gasteiger partial charge in [0.25, 0.3) is 0 Å². The minimum absolute atomic E-state index is 0.0556. The summed E-state index contributed by atoms with van der Waals surface area (Å²) in [7, 11) is 4.02. The Hall–Kier alpha value is 0.0899. The first-order chi connectivity index (χ1) is 2.94. The highest BCUT2D eigenvalue weighted by atomic mass is 16.3. The van der Waals surface area contributed by atoms with Crippen molar-refractivity contribution in [2.75, 3.05) is 0 Å². The summed E-state index contributed by atoms with van der Waals surface area (Å²) >= 11 is 0. The molecule has 0 saturated carbocycles. The van der Waals surface area contributed by atoms with Crippen LogP contribution in [0.4, 0.5) is 0 Å². The van der Waals surface area contributed by atoms with E-state index in [0.717, 1.165) is 0 Å². The fraction of sp³-hybridized carbons (Fsp3) is 1.00. The van der Waals surface area contributed by atoms with Crippen molar-refractivity contribution in [2.24, 2.45) is 0 Å². The Balaban J connectivity index is 3.54. The fourth-order valence-electron chi connectivity index (χ4n) is 0. The molecule has 0 heterocycles. The summed E-state index contributed by atoms with van der Waals surface area (Å²) in [5, 5.41) is 8.94. The van der Waals surface area contributed by atoms with Crippen molar-refractivity contribution in [2.45, 2.75) is 25.2 Å². The molecule has 0 aliphatic carbocycles. The molecule has 1 atom stereocenters. The van der Waals surface area contributed by atoms with Crippen molar-refractivity contribution in [3.8, 4) is 0 Å². The lowest BCUT2D eigenvalue weighted by Crippen LogP contribution is -2.22. The van der Waals surface area contributed by atoms with E-state index in [1.165, 1.54) is 0 Å². The Bertz CT molecular complexity index is 55.2. The van der Waals surface area contributed by atoms with Crippen LogP contribution in [0.1, 0.15) is 13.8 Å². The molecule has 0 spiro atoms. The number of aliphatic hydroxyl groups is 1. The standard InChI is InChI=1S/C4H12B2O/c1-3(7)4(2,5)6/h3,7H,5-6H2,1-2H3. The molecule has 0 aromatic carbocycles. The largest absolute Gasteiger partial charge is 0.394 e. The average molecular weight is 97.8 g/mol. The minimum atomic E-state index is -0.201. The summed E-state index contributed by atoms with van der Waals surface area (Å²) < 4.78 is 0. The van der Waals surface area contributed by atoms with Gasteiger partial charge in [0, 0.05) is 6.10 Å². The van der Waals surface area contributed by atoms with Gasteiger partial charge in [0.1, 0.15) is 15.7 Å². The Morgan fingerprint density at radius 3 is 1.71 bits per heavy atom. The first-order valence-corrected chi connectivity index (χ1v) is 2.62. The van der Waals surface area contributed by atoms with Crippen LogP contribution >= 0.6 is 0 Å². The highest BCUT2D eigenvalue weighted by molar-refractivity contribution is 6.39. The summed E-state index contributed by atoms with van der Waals surface area (Å²) in [6, 6.07) is 0. The van der Waals surface area contributed by atoms with Crippen LogP contribution in [0, 0.1) is 0 Å². The van der Waals surface area contributed by atoms with Crippen LogP contribution in [-0.4, -0.2) is 26.9 Å². The molecule has 0 fully saturated rings. The number of hydrogen-bond acceptors (Lipinski definition) is 1. The van der Waals surface area contributed by atoms with Gasteiger partial charge in [-0.25, -0.2) is 0 Å². The van der Waals surface area contributed by atoms with E-state index < -0.39 is 0 Å². The molecule has 0 aromatic heterocycles. The number of aliphatic hydroxyl groups excluding tert-OH is 1. The van der Waals surface area contributed by atoms with Crippen LogP contribution in [0.2, 0.25) is 5.21 Å². The molecule has 0 radical (unpaired) electrons. The Labute approximate surface area is 46.9 Å². The van der Waals surface area contributed by atoms with E-state index >= 15 is 0 Å². The van der Waals surface area contributed by atoms with Gasteiger partial charge < -0.3 is 5.11 Å². The number of rotatable bonds is 1. The molecule has 0 saturated heterocycles. The third-order valence-corrected chi connectivity index (χ3v) is 1.25. The molecule has 0 aliphatic rings. The van der Waals surface area contributed by atoms with Crippen molar-refractivity contribution in [1.82, 2.24) is 0 Å². The van der Waals surface area contributed by atoms with E-state index in [1.54, 1.807) is 6.92 Å². The molecular weight excluding hydrogens is 85.7 g/mol. The molecule has 1 N–H and O–H groups in total. The van der Waals surface area contributed by atoms with Crippen molar-refractivity contribution in [3.63, 3.8) is 0 Å². The monoisotopic (exact) mass is 98.1 g/mol. The van der Waals surface area contributed by atoms with Crippen LogP contribution < -0.4 is 0 Å². The van der Waals surface area contributed by atoms with E-state index in [9.17, 15) is 0 Å². The summed E-state index contributed by atoms with van der Waals surface area (Å²) in [5.41, 5.74) is 0. The topological polar surface area (TPSA) is 20.2 Å². The molecule has 3 heteroatoms. The second-order valence-corrected chi connectivity index (χ2v) is 3.04. The summed E-state index contributed by atoms with van der Waals surface area (Å²) in [6.45, 7) is 3.82. The van der Waals surface area contributed by atoms with Gasteiger partial charge in [0.15, 0.2) is 0 Å². The lowest BCUT2D eigenvalue weighted by atomic mass is 9.53. The zero-order valence-electron chi connectivity index (χ0n) is 5.52. The molecule has 0 bridgehead atoms. The third-order valence-electron chi connectivity index (χ3n) is 1.25. The van der Waals surface area contributed by atoms with Crippen LogP contribution in [0.5, 0.6) is 0 Å². The van der Waals surface area contributed by atoms with Gasteiger partial charge in [-0.1, -0.05) is 12.1 Å². The van der Waals surface area contributed by atoms with Crippen LogP contribution in [0.25, 0.3) is 0 Å². The smallest absolute Gasteiger partial charge is 0.102 e. The Morgan fingerprint density at radius 1 is 1.57 bits per heavy atom. The van der Waals surface area contributed by atoms with Gasteiger partial charge in [-0.3, -0.25) is 0 Å². The van der Waals surface area contributed by atoms with Crippen LogP contribution in [0.3, 0.4) is 0 Å². The molecule has 0 aromatic rings. The fourth-order valence-corrected chi connectivity index (χ4v) is 0. The van der Waals surface area contributed by atoms with Crippen molar-refractivity contribution in [1.29, 1.82) is 0 Å². The molecule has 0 amide bonds. The second kappa shape index (κ2) is 1.91. The second-order valence-electron chi connectivity index (χ2n) is 3.04. The maximum Gasteiger partial charge on any atom is 0.102 e. The predicted octanol–water partition coefficient (Wildman–Crippen LogP) is -1.23. The quantitative estimate of drug-likeness (QED) is 0.407. The molecule has 0 rings (SSSR count). The van der Waals surface area contributed by atoms with E-state index in [-0.39, 0.29) is 11.3 Å². The van der Waals surface area contributed by atoms with Gasteiger partial charge >= 0.3 is 0 Å². The van der Waals surface area contributed by atoms with Gasteiger partial charge in [0.2, 0.25) is 0 Å². The normalized spacial score (nSPS) is 16.4. The minimum Gasteiger partial charge on any atom is -0.394 e. The first-order valence-electron chi connectivity index (χ1n) is 2.62. The Kier molecular flexibility index (Phi) is 1.93. The molecule has 1 unspecified atom stereocenters. The molecule has 1 nitrogen and oxygen atoms in total. The van der Waals surface area contributed by atoms with Crippen molar-refractivity contribution >= 4 is 15.7 Å². The molecule has 7 heavy (non-hydrogen) atoms. The predicted molar refractivity (Wildman–Crippen MR) is 37.1 cm³/mol. The maximum absolute atomic E-state index is 8.89. The van der Waals surface area contributed by atoms with Gasteiger partial charge in [-0.2, -0.15) is 0 Å². The third kappa shape index (κ3) is 2.75. The van der Waals surface area contributed by atoms with Crippen LogP contribution in [-0.2, 0) is 0 Å². The van der Waals surface area contributed by atoms with E-state index in [4.69, 9.17) is 5.11 Å². The van der Waals surface area contributed by atoms with Crippen molar-refractivity contribution < 1.29 is 5.11 Å². The van der Waals surface area contributed by atoms with E-state index in [0.29, 0.717) is 0 Å². The molecule has 40 valence electrons. The van der Waals surface area contributed by atoms with E-state index in [2.05, 4.69) is 0 Å². The zero-order chi connectivity index (χ0) is 6.08. The maximum atomic E-state index is 8.89. The SMILES string of the molecule is BC(B)(C)C(C)O. The summed E-state index contributed by atoms with van der Waals surface area (Å²) in [5.74, 6) is 0. The molecular formula is C4H12B2O. The number of hydrogen-bond donors (Lipinski definition) is 1. The van der Waals surface area contributed by atoms with Gasteiger partial charge in [0.05, 0.1) is 0 Å². The Morgan fingerprint density at radius 2 is 1.71 bits per heavy atom. The first kappa shape index (κ1) is 7.09. The van der Waals surface area contributed by atoms with Gasteiger partial charge in [-0.15, -0.1) is 0 Å². The lowest BCUT2D eigenvalue weighted by molar-refractivity contribution is 0.177. The zero-order valence-corrected chi connectivity index (χ0v) is 5.52. The van der Waals surface area contributed by atoms with E-state index in [1.807, 2.05) is 22.6 Å². The molecule has 0 aliphatic heterocycles.